The lowest BCUT2D eigenvalue weighted by Crippen LogP contribution is -2.39. The lowest BCUT2D eigenvalue weighted by atomic mass is 10.0. The number of hydrogen-bond donors (Lipinski definition) is 0. The van der Waals surface area contributed by atoms with E-state index in [2.05, 4.69) is 70.4 Å². The molecule has 2 rings (SSSR count). The molecule has 0 aliphatic rings. The summed E-state index contributed by atoms with van der Waals surface area (Å²) in [6, 6.07) is 18.9. The molecule has 2 aromatic carbocycles. The summed E-state index contributed by atoms with van der Waals surface area (Å²) in [7, 11) is 4.42. The highest BCUT2D eigenvalue weighted by Crippen LogP contribution is 2.19. The largest absolute Gasteiger partial charge is 0.487 e. The highest BCUT2D eigenvalue weighted by molar-refractivity contribution is 5.69. The molecule has 0 heterocycles. The summed E-state index contributed by atoms with van der Waals surface area (Å²) in [6.45, 7) is 6.52. The highest BCUT2D eigenvalue weighted by atomic mass is 16.6. The minimum absolute atomic E-state index is 0.117. The molecule has 0 aromatic heterocycles. The van der Waals surface area contributed by atoms with E-state index in [1.165, 1.54) is 49.7 Å². The van der Waals surface area contributed by atoms with Crippen molar-refractivity contribution in [3.05, 3.63) is 65.7 Å². The molecule has 0 saturated carbocycles. The summed E-state index contributed by atoms with van der Waals surface area (Å²) in [5, 5.41) is 0. The van der Waals surface area contributed by atoms with Crippen LogP contribution in [0.25, 0.3) is 0 Å². The number of quaternary nitrogens is 1. The summed E-state index contributed by atoms with van der Waals surface area (Å²) in [4.78, 5) is 12.3. The monoisotopic (exact) mass is 482 g/mol. The van der Waals surface area contributed by atoms with Crippen molar-refractivity contribution in [2.75, 3.05) is 27.2 Å². The second-order valence-electron chi connectivity index (χ2n) is 10.4. The van der Waals surface area contributed by atoms with Crippen LogP contribution in [0.15, 0.2) is 54.6 Å². The standard InChI is InChI=1S/C31H48NO3/c1-5-7-8-9-10-12-17-27-20-15-21-30(24-27)35-29(6-2)26-34-31(33)22-16-23-32(3,4)25-28-18-13-11-14-19-28/h11,13-15,18-21,24,29H,5-10,12,16-17,22-23,25-26H2,1-4H3/q+1. The Hall–Kier alpha value is -2.33. The van der Waals surface area contributed by atoms with Gasteiger partial charge in [0.15, 0.2) is 0 Å². The van der Waals surface area contributed by atoms with Crippen molar-refractivity contribution in [2.24, 2.45) is 0 Å². The third-order valence-corrected chi connectivity index (χ3v) is 6.50. The molecule has 0 saturated heterocycles. The van der Waals surface area contributed by atoms with Gasteiger partial charge in [-0.3, -0.25) is 4.79 Å². The van der Waals surface area contributed by atoms with Crippen LogP contribution in [0, 0.1) is 0 Å². The van der Waals surface area contributed by atoms with Gasteiger partial charge in [-0.05, 0) is 37.0 Å². The van der Waals surface area contributed by atoms with Crippen LogP contribution in [0.5, 0.6) is 5.75 Å². The van der Waals surface area contributed by atoms with Gasteiger partial charge < -0.3 is 14.0 Å². The Morgan fingerprint density at radius 1 is 0.857 bits per heavy atom. The van der Waals surface area contributed by atoms with Gasteiger partial charge in [-0.25, -0.2) is 0 Å². The van der Waals surface area contributed by atoms with Crippen LogP contribution in [0.3, 0.4) is 0 Å². The van der Waals surface area contributed by atoms with Crippen molar-refractivity contribution in [1.29, 1.82) is 0 Å². The molecule has 2 aromatic rings. The Morgan fingerprint density at radius 2 is 1.57 bits per heavy atom. The van der Waals surface area contributed by atoms with Gasteiger partial charge in [0.05, 0.1) is 27.1 Å². The molecule has 0 aliphatic heterocycles. The number of carbonyl (C=O) groups is 1. The van der Waals surface area contributed by atoms with E-state index < -0.39 is 0 Å². The third-order valence-electron chi connectivity index (χ3n) is 6.50. The van der Waals surface area contributed by atoms with E-state index in [9.17, 15) is 4.79 Å². The predicted molar refractivity (Wildman–Crippen MR) is 146 cm³/mol. The molecule has 4 nitrogen and oxygen atoms in total. The molecule has 1 unspecified atom stereocenters. The number of benzene rings is 2. The summed E-state index contributed by atoms with van der Waals surface area (Å²) in [5.74, 6) is 0.736. The van der Waals surface area contributed by atoms with E-state index in [4.69, 9.17) is 9.47 Å². The van der Waals surface area contributed by atoms with Crippen LogP contribution in [0.2, 0.25) is 0 Å². The fraction of sp³-hybridized carbons (Fsp3) is 0.581. The van der Waals surface area contributed by atoms with Gasteiger partial charge in [0, 0.05) is 12.0 Å². The highest BCUT2D eigenvalue weighted by Gasteiger charge is 2.17. The first kappa shape index (κ1) is 28.9. The molecular weight excluding hydrogens is 434 g/mol. The van der Waals surface area contributed by atoms with Crippen LogP contribution in [0.4, 0.5) is 0 Å². The van der Waals surface area contributed by atoms with Crippen molar-refractivity contribution in [3.63, 3.8) is 0 Å². The maximum atomic E-state index is 12.3. The normalized spacial score (nSPS) is 12.3. The molecule has 1 atom stereocenters. The van der Waals surface area contributed by atoms with Gasteiger partial charge in [-0.1, -0.05) is 88.4 Å². The minimum atomic E-state index is -0.136. The van der Waals surface area contributed by atoms with Crippen molar-refractivity contribution in [2.45, 2.75) is 90.7 Å². The molecule has 0 bridgehead atoms. The van der Waals surface area contributed by atoms with E-state index in [0.29, 0.717) is 13.0 Å². The minimum Gasteiger partial charge on any atom is -0.487 e. The van der Waals surface area contributed by atoms with Gasteiger partial charge in [0.1, 0.15) is 25.0 Å². The van der Waals surface area contributed by atoms with E-state index in [1.54, 1.807) is 0 Å². The van der Waals surface area contributed by atoms with Gasteiger partial charge in [-0.2, -0.15) is 0 Å². The number of nitrogens with zero attached hydrogens (tertiary/aromatic N) is 1. The third kappa shape index (κ3) is 12.8. The Morgan fingerprint density at radius 3 is 2.31 bits per heavy atom. The zero-order valence-electron chi connectivity index (χ0n) is 22.6. The second-order valence-corrected chi connectivity index (χ2v) is 10.4. The Labute approximate surface area is 214 Å². The van der Waals surface area contributed by atoms with Gasteiger partial charge >= 0.3 is 5.97 Å². The van der Waals surface area contributed by atoms with Crippen LogP contribution in [-0.2, 0) is 22.5 Å². The summed E-state index contributed by atoms with van der Waals surface area (Å²) in [6.07, 6.45) is 10.9. The number of unbranched alkanes of at least 4 members (excludes halogenated alkanes) is 5. The van der Waals surface area contributed by atoms with Gasteiger partial charge in [-0.15, -0.1) is 0 Å². The number of aryl methyl sites for hydroxylation is 1. The van der Waals surface area contributed by atoms with Gasteiger partial charge in [0.2, 0.25) is 0 Å². The fourth-order valence-corrected chi connectivity index (χ4v) is 4.38. The number of rotatable bonds is 18. The van der Waals surface area contributed by atoms with Crippen molar-refractivity contribution in [1.82, 2.24) is 0 Å². The first-order chi connectivity index (χ1) is 16.9. The van der Waals surface area contributed by atoms with E-state index in [0.717, 1.165) is 42.6 Å². The molecular formula is C31H48NO3+. The zero-order chi connectivity index (χ0) is 25.4. The first-order valence-electron chi connectivity index (χ1n) is 13.7. The molecule has 0 fully saturated rings. The quantitative estimate of drug-likeness (QED) is 0.127. The Bertz CT molecular complexity index is 834. The molecule has 0 aliphatic carbocycles. The Kier molecular flexibility index (Phi) is 13.5. The van der Waals surface area contributed by atoms with Crippen molar-refractivity contribution >= 4 is 5.97 Å². The molecule has 0 N–H and O–H groups in total. The van der Waals surface area contributed by atoms with E-state index in [-0.39, 0.29) is 12.1 Å². The van der Waals surface area contributed by atoms with E-state index in [1.807, 2.05) is 12.1 Å². The lowest BCUT2D eigenvalue weighted by molar-refractivity contribution is -0.903. The molecule has 0 amide bonds. The lowest BCUT2D eigenvalue weighted by Gasteiger charge is -2.29. The Balaban J connectivity index is 1.68. The molecule has 194 valence electrons. The number of carbonyl (C=O) groups excluding carboxylic acids is 1. The first-order valence-corrected chi connectivity index (χ1v) is 13.7. The molecule has 0 spiro atoms. The van der Waals surface area contributed by atoms with Crippen LogP contribution in [-0.4, -0.2) is 43.8 Å². The predicted octanol–water partition coefficient (Wildman–Crippen LogP) is 7.35. The number of esters is 1. The van der Waals surface area contributed by atoms with Crippen LogP contribution in [0.1, 0.15) is 82.8 Å². The van der Waals surface area contributed by atoms with E-state index >= 15 is 0 Å². The average Bonchev–Trinajstić information content (AvgIpc) is 2.84. The maximum absolute atomic E-state index is 12.3. The average molecular weight is 483 g/mol. The summed E-state index contributed by atoms with van der Waals surface area (Å²) < 4.78 is 12.6. The fourth-order valence-electron chi connectivity index (χ4n) is 4.38. The number of hydrogen-bond acceptors (Lipinski definition) is 3. The van der Waals surface area contributed by atoms with Crippen LogP contribution >= 0.6 is 0 Å². The molecule has 35 heavy (non-hydrogen) atoms. The second kappa shape index (κ2) is 16.4. The smallest absolute Gasteiger partial charge is 0.306 e. The van der Waals surface area contributed by atoms with Crippen molar-refractivity contribution in [3.8, 4) is 5.75 Å². The van der Waals surface area contributed by atoms with Crippen molar-refractivity contribution < 1.29 is 18.8 Å². The van der Waals surface area contributed by atoms with Gasteiger partial charge in [0.25, 0.3) is 0 Å². The summed E-state index contributed by atoms with van der Waals surface area (Å²) in [5.41, 5.74) is 2.64. The number of ether oxygens (including phenoxy) is 2. The summed E-state index contributed by atoms with van der Waals surface area (Å²) >= 11 is 0. The SMILES string of the molecule is CCCCCCCCc1cccc(OC(CC)COC(=O)CCC[N+](C)(C)Cc2ccccc2)c1. The zero-order valence-corrected chi connectivity index (χ0v) is 22.6. The molecule has 4 heteroatoms. The maximum Gasteiger partial charge on any atom is 0.306 e. The topological polar surface area (TPSA) is 35.5 Å². The molecule has 0 radical (unpaired) electrons. The van der Waals surface area contributed by atoms with Crippen LogP contribution < -0.4 is 4.74 Å².